The maximum absolute atomic E-state index is 11.3. The number of hydrogen-bond donors (Lipinski definition) is 3. The molecule has 1 aliphatic rings. The molecule has 0 radical (unpaired) electrons. The molecule has 0 saturated heterocycles. The molecular formula is C15H20N6O2. The van der Waals surface area contributed by atoms with E-state index in [4.69, 9.17) is 17.3 Å². The molecule has 2 aromatic rings. The molecule has 8 nitrogen and oxygen atoms in total. The molecule has 0 bridgehead atoms. The Morgan fingerprint density at radius 2 is 2.26 bits per heavy atom. The Hall–Kier alpha value is -2.74. The number of nitrogens with two attached hydrogens (primary N) is 3. The predicted octanol–water partition coefficient (Wildman–Crippen LogP) is 0.443. The number of rotatable bonds is 5. The van der Waals surface area contributed by atoms with Gasteiger partial charge in [0.1, 0.15) is 5.70 Å². The van der Waals surface area contributed by atoms with Gasteiger partial charge in [-0.25, -0.2) is 15.6 Å². The highest BCUT2D eigenvalue weighted by Crippen LogP contribution is 2.40. The topological polar surface area (TPSA) is 125 Å². The number of aromatic nitrogens is 2. The number of methoxy groups -OCH3 is 1. The van der Waals surface area contributed by atoms with E-state index in [2.05, 4.69) is 15.9 Å². The van der Waals surface area contributed by atoms with Gasteiger partial charge in [0.25, 0.3) is 0 Å². The maximum Gasteiger partial charge on any atom is 0.355 e. The van der Waals surface area contributed by atoms with E-state index < -0.39 is 5.97 Å². The quantitative estimate of drug-likeness (QED) is 0.316. The SMILES string of the molecule is COC(=O)/C(N)=C/N(N)Cc1cn2cc(C3CC3)cc(N)c2n1. The number of nitrogen functional groups attached to an aromatic ring is 1. The van der Waals surface area contributed by atoms with Crippen LogP contribution >= 0.6 is 0 Å². The van der Waals surface area contributed by atoms with Crippen molar-refractivity contribution in [1.82, 2.24) is 14.4 Å². The van der Waals surface area contributed by atoms with Gasteiger partial charge in [-0.2, -0.15) is 0 Å². The molecule has 2 heterocycles. The lowest BCUT2D eigenvalue weighted by molar-refractivity contribution is -0.136. The first-order valence-electron chi connectivity index (χ1n) is 7.32. The minimum Gasteiger partial charge on any atom is -0.464 e. The summed E-state index contributed by atoms with van der Waals surface area (Å²) in [5.74, 6) is 5.82. The average Bonchev–Trinajstić information content (AvgIpc) is 3.27. The van der Waals surface area contributed by atoms with Gasteiger partial charge in [0, 0.05) is 18.6 Å². The summed E-state index contributed by atoms with van der Waals surface area (Å²) in [6.07, 6.45) is 7.66. The van der Waals surface area contributed by atoms with Crippen molar-refractivity contribution in [2.24, 2.45) is 11.6 Å². The number of pyridine rings is 1. The molecule has 2 aromatic heterocycles. The number of carbonyl (C=O) groups excluding carboxylic acids is 1. The summed E-state index contributed by atoms with van der Waals surface area (Å²) in [5, 5.41) is 1.28. The Balaban J connectivity index is 1.80. The third-order valence-corrected chi connectivity index (χ3v) is 3.77. The monoisotopic (exact) mass is 316 g/mol. The van der Waals surface area contributed by atoms with E-state index in [1.54, 1.807) is 0 Å². The first-order chi connectivity index (χ1) is 11.0. The number of hydrogen-bond acceptors (Lipinski definition) is 7. The number of nitrogens with zero attached hydrogens (tertiary/aromatic N) is 3. The van der Waals surface area contributed by atoms with Crippen molar-refractivity contribution in [2.75, 3.05) is 12.8 Å². The lowest BCUT2D eigenvalue weighted by Gasteiger charge is -2.12. The van der Waals surface area contributed by atoms with Crippen molar-refractivity contribution in [3.05, 3.63) is 41.6 Å². The summed E-state index contributed by atoms with van der Waals surface area (Å²) in [4.78, 5) is 15.7. The first-order valence-corrected chi connectivity index (χ1v) is 7.32. The summed E-state index contributed by atoms with van der Waals surface area (Å²) >= 11 is 0. The summed E-state index contributed by atoms with van der Waals surface area (Å²) in [6.45, 7) is 0.289. The molecule has 0 atom stereocenters. The van der Waals surface area contributed by atoms with Crippen molar-refractivity contribution in [3.8, 4) is 0 Å². The highest BCUT2D eigenvalue weighted by Gasteiger charge is 2.24. The van der Waals surface area contributed by atoms with E-state index in [1.807, 2.05) is 16.7 Å². The lowest BCUT2D eigenvalue weighted by Crippen LogP contribution is -2.28. The molecule has 3 rings (SSSR count). The second-order valence-electron chi connectivity index (χ2n) is 5.71. The number of esters is 1. The first kappa shape index (κ1) is 15.2. The summed E-state index contributed by atoms with van der Waals surface area (Å²) in [6, 6.07) is 1.99. The zero-order valence-corrected chi connectivity index (χ0v) is 12.9. The van der Waals surface area contributed by atoms with E-state index >= 15 is 0 Å². The van der Waals surface area contributed by atoms with Crippen molar-refractivity contribution in [3.63, 3.8) is 0 Å². The molecule has 122 valence electrons. The zero-order valence-electron chi connectivity index (χ0n) is 12.9. The number of imidazole rings is 1. The summed E-state index contributed by atoms with van der Waals surface area (Å²) < 4.78 is 6.43. The number of ether oxygens (including phenoxy) is 1. The molecule has 1 saturated carbocycles. The molecule has 6 N–H and O–H groups in total. The fourth-order valence-electron chi connectivity index (χ4n) is 2.50. The Morgan fingerprint density at radius 3 is 2.91 bits per heavy atom. The zero-order chi connectivity index (χ0) is 16.6. The summed E-state index contributed by atoms with van der Waals surface area (Å²) in [7, 11) is 1.26. The van der Waals surface area contributed by atoms with Crippen LogP contribution < -0.4 is 17.3 Å². The molecular weight excluding hydrogens is 296 g/mol. The van der Waals surface area contributed by atoms with Crippen LogP contribution in [-0.4, -0.2) is 27.5 Å². The molecule has 0 amide bonds. The lowest BCUT2D eigenvalue weighted by atomic mass is 10.2. The molecule has 0 unspecified atom stereocenters. The van der Waals surface area contributed by atoms with Crippen LogP contribution in [-0.2, 0) is 16.1 Å². The number of fused-ring (bicyclic) bond motifs is 1. The molecule has 0 spiro atoms. The Bertz CT molecular complexity index is 778. The van der Waals surface area contributed by atoms with Gasteiger partial charge in [0.2, 0.25) is 0 Å². The van der Waals surface area contributed by atoms with Crippen LogP contribution in [0.1, 0.15) is 30.0 Å². The van der Waals surface area contributed by atoms with Gasteiger partial charge in [0.05, 0.1) is 25.0 Å². The third-order valence-electron chi connectivity index (χ3n) is 3.77. The normalized spacial score (nSPS) is 15.0. The average molecular weight is 316 g/mol. The molecule has 23 heavy (non-hydrogen) atoms. The number of anilines is 1. The number of carbonyl (C=O) groups is 1. The minimum absolute atomic E-state index is 0.0747. The van der Waals surface area contributed by atoms with Crippen molar-refractivity contribution in [2.45, 2.75) is 25.3 Å². The molecule has 0 aromatic carbocycles. The van der Waals surface area contributed by atoms with Crippen LogP contribution in [0.3, 0.4) is 0 Å². The van der Waals surface area contributed by atoms with E-state index in [0.29, 0.717) is 17.3 Å². The molecule has 1 fully saturated rings. The Kier molecular flexibility index (Phi) is 3.83. The molecule has 1 aliphatic carbocycles. The Labute approximate surface area is 133 Å². The van der Waals surface area contributed by atoms with Crippen molar-refractivity contribution in [1.29, 1.82) is 0 Å². The number of hydrazine groups is 1. The van der Waals surface area contributed by atoms with Crippen molar-refractivity contribution < 1.29 is 9.53 Å². The predicted molar refractivity (Wildman–Crippen MR) is 85.6 cm³/mol. The van der Waals surface area contributed by atoms with Crippen LogP contribution in [0, 0.1) is 0 Å². The molecule has 8 heteroatoms. The van der Waals surface area contributed by atoms with Gasteiger partial charge in [-0.15, -0.1) is 0 Å². The van der Waals surface area contributed by atoms with E-state index in [9.17, 15) is 4.79 Å². The van der Waals surface area contributed by atoms with E-state index in [1.165, 1.54) is 36.7 Å². The van der Waals surface area contributed by atoms with Gasteiger partial charge in [-0.1, -0.05) is 0 Å². The van der Waals surface area contributed by atoms with Gasteiger partial charge in [0.15, 0.2) is 5.65 Å². The largest absolute Gasteiger partial charge is 0.464 e. The Morgan fingerprint density at radius 1 is 1.52 bits per heavy atom. The highest BCUT2D eigenvalue weighted by molar-refractivity contribution is 5.87. The van der Waals surface area contributed by atoms with Crippen LogP contribution in [0.2, 0.25) is 0 Å². The maximum atomic E-state index is 11.3. The van der Waals surface area contributed by atoms with Gasteiger partial charge < -0.3 is 25.6 Å². The van der Waals surface area contributed by atoms with Crippen LogP contribution in [0.25, 0.3) is 5.65 Å². The fraction of sp³-hybridized carbons (Fsp3) is 0.333. The van der Waals surface area contributed by atoms with Crippen LogP contribution in [0.15, 0.2) is 30.4 Å². The fourth-order valence-corrected chi connectivity index (χ4v) is 2.50. The second kappa shape index (κ2) is 5.81. The molecule has 0 aliphatic heterocycles. The van der Waals surface area contributed by atoms with Gasteiger partial charge in [-0.3, -0.25) is 0 Å². The summed E-state index contributed by atoms with van der Waals surface area (Å²) in [5.41, 5.74) is 14.9. The van der Waals surface area contributed by atoms with E-state index in [0.717, 1.165) is 5.69 Å². The van der Waals surface area contributed by atoms with E-state index in [-0.39, 0.29) is 12.2 Å². The minimum atomic E-state index is -0.631. The van der Waals surface area contributed by atoms with Gasteiger partial charge in [-0.05, 0) is 30.4 Å². The van der Waals surface area contributed by atoms with Crippen LogP contribution in [0.5, 0.6) is 0 Å². The second-order valence-corrected chi connectivity index (χ2v) is 5.71. The highest BCUT2D eigenvalue weighted by atomic mass is 16.5. The third kappa shape index (κ3) is 3.21. The van der Waals surface area contributed by atoms with Gasteiger partial charge >= 0.3 is 5.97 Å². The standard InChI is InChI=1S/C15H20N6O2/c1-23-15(22)13(17)8-21(18)7-11-6-20-5-10(9-2-3-9)4-12(16)14(20)19-11/h4-6,8-9H,2-3,7,16-18H2,1H3/b13-8-. The van der Waals surface area contributed by atoms with Crippen LogP contribution in [0.4, 0.5) is 5.69 Å². The smallest absolute Gasteiger partial charge is 0.355 e. The van der Waals surface area contributed by atoms with Crippen molar-refractivity contribution >= 4 is 17.3 Å².